The number of rotatable bonds is 8. The summed E-state index contributed by atoms with van der Waals surface area (Å²) in [5, 5.41) is 2.76. The van der Waals surface area contributed by atoms with Crippen molar-refractivity contribution in [1.29, 1.82) is 0 Å². The number of unbranched alkanes of at least 4 members (excludes halogenated alkanes) is 3. The molecule has 0 aliphatic rings. The van der Waals surface area contributed by atoms with Crippen molar-refractivity contribution in [1.82, 2.24) is 0 Å². The zero-order chi connectivity index (χ0) is 17.4. The molecule has 0 atom stereocenters. The number of carbonyl (C=O) groups is 3. The van der Waals surface area contributed by atoms with E-state index in [-0.39, 0.29) is 12.2 Å². The summed E-state index contributed by atoms with van der Waals surface area (Å²) < 4.78 is 4.64. The molecule has 0 fully saturated rings. The zero-order valence-corrected chi connectivity index (χ0v) is 14.7. The summed E-state index contributed by atoms with van der Waals surface area (Å²) in [5.74, 6) is -2.48. The van der Waals surface area contributed by atoms with Gasteiger partial charge in [-0.3, -0.25) is 9.59 Å². The van der Waals surface area contributed by atoms with E-state index in [1.165, 1.54) is 17.8 Å². The summed E-state index contributed by atoms with van der Waals surface area (Å²) in [7, 11) is 0. The van der Waals surface area contributed by atoms with Gasteiger partial charge in [0.2, 0.25) is 0 Å². The average molecular weight is 340 g/mol. The summed E-state index contributed by atoms with van der Waals surface area (Å²) in [6.45, 7) is 5.68. The van der Waals surface area contributed by atoms with Crippen LogP contribution in [0.1, 0.15) is 60.3 Å². The number of hydrogen-bond acceptors (Lipinski definition) is 5. The molecule has 1 aromatic heterocycles. The number of esters is 1. The second kappa shape index (κ2) is 9.29. The van der Waals surface area contributed by atoms with Crippen LogP contribution >= 0.6 is 11.3 Å². The van der Waals surface area contributed by atoms with Crippen LogP contribution in [0, 0.1) is 6.92 Å². The largest absolute Gasteiger partial charge is 0.459 e. The van der Waals surface area contributed by atoms with Crippen LogP contribution in [0.3, 0.4) is 0 Å². The van der Waals surface area contributed by atoms with Gasteiger partial charge in [0.1, 0.15) is 5.00 Å². The molecule has 0 aliphatic heterocycles. The van der Waals surface area contributed by atoms with Gasteiger partial charge in [-0.1, -0.05) is 26.2 Å². The van der Waals surface area contributed by atoms with E-state index >= 15 is 0 Å². The molecular formula is C16H24N2O4S. The number of aryl methyl sites for hydroxylation is 1. The highest BCUT2D eigenvalue weighted by Gasteiger charge is 2.23. The molecule has 2 amide bonds. The predicted molar refractivity (Wildman–Crippen MR) is 90.7 cm³/mol. The lowest BCUT2D eigenvalue weighted by Gasteiger charge is -2.04. The molecule has 128 valence electrons. The maximum absolute atomic E-state index is 11.8. The molecule has 0 saturated carbocycles. The molecule has 0 aliphatic carbocycles. The normalized spacial score (nSPS) is 10.4. The number of carbonyl (C=O) groups excluding carboxylic acids is 3. The first kappa shape index (κ1) is 19.2. The fourth-order valence-corrected chi connectivity index (χ4v) is 3.49. The molecular weight excluding hydrogens is 316 g/mol. The van der Waals surface area contributed by atoms with Crippen LogP contribution in [0.15, 0.2) is 0 Å². The minimum absolute atomic E-state index is 0.112. The summed E-state index contributed by atoms with van der Waals surface area (Å²) >= 11 is 1.30. The Balaban J connectivity index is 2.91. The molecule has 7 heteroatoms. The first-order valence-electron chi connectivity index (χ1n) is 7.82. The quantitative estimate of drug-likeness (QED) is 0.432. The van der Waals surface area contributed by atoms with Crippen LogP contribution in [0.25, 0.3) is 0 Å². The zero-order valence-electron chi connectivity index (χ0n) is 13.9. The molecule has 0 radical (unpaired) electrons. The van der Waals surface area contributed by atoms with Crippen LogP contribution in [0.2, 0.25) is 0 Å². The van der Waals surface area contributed by atoms with Crippen molar-refractivity contribution in [2.45, 2.75) is 52.9 Å². The van der Waals surface area contributed by atoms with E-state index in [0.717, 1.165) is 36.1 Å². The summed E-state index contributed by atoms with van der Waals surface area (Å²) in [4.78, 5) is 35.9. The summed E-state index contributed by atoms with van der Waals surface area (Å²) in [6.07, 6.45) is 5.27. The second-order valence-corrected chi connectivity index (χ2v) is 6.31. The van der Waals surface area contributed by atoms with E-state index in [1.54, 1.807) is 6.92 Å². The Morgan fingerprint density at radius 3 is 2.43 bits per heavy atom. The van der Waals surface area contributed by atoms with Gasteiger partial charge < -0.3 is 15.8 Å². The van der Waals surface area contributed by atoms with Gasteiger partial charge >= 0.3 is 11.9 Å². The second-order valence-electron chi connectivity index (χ2n) is 5.20. The number of primary amides is 1. The van der Waals surface area contributed by atoms with Gasteiger partial charge in [-0.25, -0.2) is 4.79 Å². The van der Waals surface area contributed by atoms with Crippen LogP contribution < -0.4 is 11.1 Å². The smallest absolute Gasteiger partial charge is 0.397 e. The number of nitrogens with two attached hydrogens (primary N) is 1. The Morgan fingerprint density at radius 1 is 1.17 bits per heavy atom. The van der Waals surface area contributed by atoms with E-state index in [4.69, 9.17) is 5.73 Å². The van der Waals surface area contributed by atoms with Gasteiger partial charge in [0.15, 0.2) is 0 Å². The molecule has 0 aromatic carbocycles. The number of nitrogens with one attached hydrogen (secondary N) is 1. The number of amides is 2. The number of hydrogen-bond donors (Lipinski definition) is 2. The van der Waals surface area contributed by atoms with Gasteiger partial charge in [-0.2, -0.15) is 0 Å². The van der Waals surface area contributed by atoms with E-state index < -0.39 is 17.8 Å². The lowest BCUT2D eigenvalue weighted by atomic mass is 10.1. The maximum atomic E-state index is 11.8. The average Bonchev–Trinajstić information content (AvgIpc) is 2.79. The van der Waals surface area contributed by atoms with Crippen molar-refractivity contribution in [2.24, 2.45) is 5.73 Å². The summed E-state index contributed by atoms with van der Waals surface area (Å²) in [5.41, 5.74) is 6.47. The Morgan fingerprint density at radius 2 is 1.87 bits per heavy atom. The van der Waals surface area contributed by atoms with E-state index in [1.807, 2.05) is 6.92 Å². The highest BCUT2D eigenvalue weighted by molar-refractivity contribution is 7.17. The van der Waals surface area contributed by atoms with Crippen molar-refractivity contribution in [3.05, 3.63) is 16.0 Å². The standard InChI is InChI=1S/C16H24N2O4S/c1-4-6-7-8-9-11-10(3)12(13(17)19)15(23-11)18-14(20)16(21)22-5-2/h4-9H2,1-3H3,(H2,17,19)(H,18,20). The van der Waals surface area contributed by atoms with Crippen LogP contribution in [0.4, 0.5) is 5.00 Å². The third-order valence-electron chi connectivity index (χ3n) is 3.44. The molecule has 1 aromatic rings. The van der Waals surface area contributed by atoms with Crippen LogP contribution in [-0.2, 0) is 20.7 Å². The molecule has 6 nitrogen and oxygen atoms in total. The first-order chi connectivity index (χ1) is 10.9. The lowest BCUT2D eigenvalue weighted by molar-refractivity contribution is -0.152. The molecule has 1 rings (SSSR count). The van der Waals surface area contributed by atoms with E-state index in [0.29, 0.717) is 5.00 Å². The SMILES string of the molecule is CCCCCCc1sc(NC(=O)C(=O)OCC)c(C(N)=O)c1C. The number of ether oxygens (including phenoxy) is 1. The maximum Gasteiger partial charge on any atom is 0.397 e. The first-order valence-corrected chi connectivity index (χ1v) is 8.64. The van der Waals surface area contributed by atoms with Gasteiger partial charge in [0.25, 0.3) is 5.91 Å². The molecule has 0 spiro atoms. The van der Waals surface area contributed by atoms with E-state index in [9.17, 15) is 14.4 Å². The van der Waals surface area contributed by atoms with Gasteiger partial charge in [0, 0.05) is 4.88 Å². The predicted octanol–water partition coefficient (Wildman–Crippen LogP) is 2.78. The molecule has 0 unspecified atom stereocenters. The molecule has 0 saturated heterocycles. The minimum Gasteiger partial charge on any atom is -0.459 e. The van der Waals surface area contributed by atoms with Gasteiger partial charge in [-0.05, 0) is 32.3 Å². The van der Waals surface area contributed by atoms with Crippen molar-refractivity contribution in [3.63, 3.8) is 0 Å². The Kier molecular flexibility index (Phi) is 7.74. The molecule has 1 heterocycles. The Hall–Kier alpha value is -1.89. The topological polar surface area (TPSA) is 98.5 Å². The van der Waals surface area contributed by atoms with Crippen molar-refractivity contribution in [3.8, 4) is 0 Å². The van der Waals surface area contributed by atoms with Crippen LogP contribution in [-0.4, -0.2) is 24.4 Å². The third kappa shape index (κ3) is 5.35. The Bertz CT molecular complexity index is 581. The fourth-order valence-electron chi connectivity index (χ4n) is 2.25. The minimum atomic E-state index is -0.974. The number of anilines is 1. The summed E-state index contributed by atoms with van der Waals surface area (Å²) in [6, 6.07) is 0. The van der Waals surface area contributed by atoms with Crippen molar-refractivity contribution in [2.75, 3.05) is 11.9 Å². The lowest BCUT2D eigenvalue weighted by Crippen LogP contribution is -2.26. The number of thiophene rings is 1. The molecule has 23 heavy (non-hydrogen) atoms. The van der Waals surface area contributed by atoms with Crippen molar-refractivity contribution < 1.29 is 19.1 Å². The van der Waals surface area contributed by atoms with Gasteiger partial charge in [-0.15, -0.1) is 11.3 Å². The molecule has 3 N–H and O–H groups in total. The third-order valence-corrected chi connectivity index (χ3v) is 4.70. The van der Waals surface area contributed by atoms with E-state index in [2.05, 4.69) is 17.0 Å². The van der Waals surface area contributed by atoms with Gasteiger partial charge in [0.05, 0.1) is 12.2 Å². The van der Waals surface area contributed by atoms with Crippen LogP contribution in [0.5, 0.6) is 0 Å². The molecule has 0 bridgehead atoms. The highest BCUT2D eigenvalue weighted by atomic mass is 32.1. The Labute approximate surface area is 140 Å². The fraction of sp³-hybridized carbons (Fsp3) is 0.562. The monoisotopic (exact) mass is 340 g/mol. The van der Waals surface area contributed by atoms with Crippen molar-refractivity contribution >= 4 is 34.1 Å². The highest BCUT2D eigenvalue weighted by Crippen LogP contribution is 2.34.